The van der Waals surface area contributed by atoms with Crippen molar-refractivity contribution in [1.29, 1.82) is 0 Å². The number of anilines is 1. The standard InChI is InChI=1S/C24H18BrFN2O2/c25-18-9-12-21-20(14-18)24(17-7-10-19(26)11-8-17)28(15-22(29)27-21)23(30)13-6-16-4-2-1-3-5-16/h1-14,24H,15H2,(H,27,29)/b13-6+. The highest BCUT2D eigenvalue weighted by Gasteiger charge is 2.32. The molecule has 1 heterocycles. The highest BCUT2D eigenvalue weighted by atomic mass is 79.9. The third-order valence-electron chi connectivity index (χ3n) is 4.89. The molecule has 3 aromatic carbocycles. The summed E-state index contributed by atoms with van der Waals surface area (Å²) in [5.74, 6) is -0.960. The van der Waals surface area contributed by atoms with E-state index in [9.17, 15) is 14.0 Å². The average Bonchev–Trinajstić information content (AvgIpc) is 2.89. The fraction of sp³-hybridized carbons (Fsp3) is 0.0833. The first kappa shape index (κ1) is 20.0. The van der Waals surface area contributed by atoms with Crippen molar-refractivity contribution < 1.29 is 14.0 Å². The van der Waals surface area contributed by atoms with E-state index < -0.39 is 6.04 Å². The Balaban J connectivity index is 1.79. The van der Waals surface area contributed by atoms with Crippen LogP contribution in [0.3, 0.4) is 0 Å². The fourth-order valence-corrected chi connectivity index (χ4v) is 3.89. The Morgan fingerprint density at radius 3 is 2.53 bits per heavy atom. The zero-order chi connectivity index (χ0) is 21.1. The minimum atomic E-state index is -0.551. The first-order valence-electron chi connectivity index (χ1n) is 9.40. The molecule has 0 saturated heterocycles. The van der Waals surface area contributed by atoms with E-state index in [1.807, 2.05) is 42.5 Å². The summed E-state index contributed by atoms with van der Waals surface area (Å²) in [5.41, 5.74) is 2.98. The number of benzene rings is 3. The van der Waals surface area contributed by atoms with E-state index in [1.54, 1.807) is 24.3 Å². The lowest BCUT2D eigenvalue weighted by Crippen LogP contribution is -2.38. The first-order valence-corrected chi connectivity index (χ1v) is 10.2. The molecule has 4 nitrogen and oxygen atoms in total. The van der Waals surface area contributed by atoms with Gasteiger partial charge in [-0.25, -0.2) is 4.39 Å². The van der Waals surface area contributed by atoms with Gasteiger partial charge in [-0.05, 0) is 47.5 Å². The van der Waals surface area contributed by atoms with E-state index >= 15 is 0 Å². The summed E-state index contributed by atoms with van der Waals surface area (Å²) in [6.45, 7) is -0.119. The van der Waals surface area contributed by atoms with Gasteiger partial charge in [-0.15, -0.1) is 0 Å². The first-order chi connectivity index (χ1) is 14.5. The smallest absolute Gasteiger partial charge is 0.247 e. The topological polar surface area (TPSA) is 49.4 Å². The minimum absolute atomic E-state index is 0.119. The van der Waals surface area contributed by atoms with Crippen molar-refractivity contribution in [2.45, 2.75) is 6.04 Å². The van der Waals surface area contributed by atoms with E-state index in [2.05, 4.69) is 21.2 Å². The van der Waals surface area contributed by atoms with Crippen LogP contribution in [0.15, 0.2) is 83.3 Å². The molecule has 0 aliphatic carbocycles. The van der Waals surface area contributed by atoms with Crippen molar-refractivity contribution in [2.75, 3.05) is 11.9 Å². The van der Waals surface area contributed by atoms with Gasteiger partial charge in [0.2, 0.25) is 11.8 Å². The Morgan fingerprint density at radius 2 is 1.80 bits per heavy atom. The summed E-state index contributed by atoms with van der Waals surface area (Å²) in [5, 5.41) is 2.87. The predicted octanol–water partition coefficient (Wildman–Crippen LogP) is 5.17. The van der Waals surface area contributed by atoms with Crippen LogP contribution in [0, 0.1) is 5.82 Å². The van der Waals surface area contributed by atoms with Gasteiger partial charge in [0.1, 0.15) is 12.4 Å². The quantitative estimate of drug-likeness (QED) is 0.543. The van der Waals surface area contributed by atoms with Gasteiger partial charge in [-0.3, -0.25) is 9.59 Å². The normalized spacial score (nSPS) is 16.1. The second kappa shape index (κ2) is 8.63. The molecule has 1 unspecified atom stereocenters. The molecule has 1 aliphatic heterocycles. The van der Waals surface area contributed by atoms with Crippen LogP contribution in [0.5, 0.6) is 0 Å². The van der Waals surface area contributed by atoms with E-state index in [0.717, 1.165) is 15.6 Å². The molecule has 4 rings (SSSR count). The summed E-state index contributed by atoms with van der Waals surface area (Å²) in [7, 11) is 0. The zero-order valence-electron chi connectivity index (χ0n) is 15.9. The lowest BCUT2D eigenvalue weighted by Gasteiger charge is -2.30. The van der Waals surface area contributed by atoms with Crippen LogP contribution in [0.25, 0.3) is 6.08 Å². The molecule has 30 heavy (non-hydrogen) atoms. The zero-order valence-corrected chi connectivity index (χ0v) is 17.5. The molecular weight excluding hydrogens is 447 g/mol. The fourth-order valence-electron chi connectivity index (χ4n) is 3.51. The number of halogens is 2. The van der Waals surface area contributed by atoms with Gasteiger partial charge in [0.05, 0.1) is 6.04 Å². The molecule has 0 bridgehead atoms. The van der Waals surface area contributed by atoms with Gasteiger partial charge < -0.3 is 10.2 Å². The third kappa shape index (κ3) is 4.33. The maximum Gasteiger partial charge on any atom is 0.247 e. The summed E-state index contributed by atoms with van der Waals surface area (Å²) in [6, 6.07) is 20.4. The molecule has 2 amide bonds. The molecule has 1 atom stereocenters. The van der Waals surface area contributed by atoms with Crippen LogP contribution >= 0.6 is 15.9 Å². The SMILES string of the molecule is O=C1CN(C(=O)/C=C/c2ccccc2)C(c2ccc(F)cc2)c2cc(Br)ccc2N1. The Hall–Kier alpha value is -3.25. The highest BCUT2D eigenvalue weighted by Crippen LogP contribution is 2.37. The van der Waals surface area contributed by atoms with Gasteiger partial charge in [-0.2, -0.15) is 0 Å². The van der Waals surface area contributed by atoms with Crippen LogP contribution < -0.4 is 5.32 Å². The minimum Gasteiger partial charge on any atom is -0.324 e. The van der Waals surface area contributed by atoms with Gasteiger partial charge in [0, 0.05) is 21.8 Å². The van der Waals surface area contributed by atoms with Crippen molar-refractivity contribution in [2.24, 2.45) is 0 Å². The number of fused-ring (bicyclic) bond motifs is 1. The van der Waals surface area contributed by atoms with Gasteiger partial charge in [0.25, 0.3) is 0 Å². The number of rotatable bonds is 3. The molecule has 0 spiro atoms. The third-order valence-corrected chi connectivity index (χ3v) is 5.39. The van der Waals surface area contributed by atoms with Crippen molar-refractivity contribution in [1.82, 2.24) is 4.90 Å². The molecular formula is C24H18BrFN2O2. The lowest BCUT2D eigenvalue weighted by molar-refractivity contribution is -0.131. The second-order valence-corrected chi connectivity index (χ2v) is 7.86. The van der Waals surface area contributed by atoms with Crippen LogP contribution in [-0.4, -0.2) is 23.3 Å². The van der Waals surface area contributed by atoms with Crippen LogP contribution in [0.4, 0.5) is 10.1 Å². The van der Waals surface area contributed by atoms with E-state index in [-0.39, 0.29) is 24.2 Å². The molecule has 0 radical (unpaired) electrons. The molecule has 3 aromatic rings. The van der Waals surface area contributed by atoms with Crippen LogP contribution in [-0.2, 0) is 9.59 Å². The summed E-state index contributed by atoms with van der Waals surface area (Å²) < 4.78 is 14.4. The Labute approximate surface area is 182 Å². The molecule has 6 heteroatoms. The Bertz CT molecular complexity index is 1110. The molecule has 1 N–H and O–H groups in total. The second-order valence-electron chi connectivity index (χ2n) is 6.94. The number of amides is 2. The van der Waals surface area contributed by atoms with E-state index in [4.69, 9.17) is 0 Å². The maximum absolute atomic E-state index is 13.6. The van der Waals surface area contributed by atoms with Crippen molar-refractivity contribution in [3.05, 3.63) is 106 Å². The predicted molar refractivity (Wildman–Crippen MR) is 118 cm³/mol. The average molecular weight is 465 g/mol. The van der Waals surface area contributed by atoms with Crippen LogP contribution in [0.1, 0.15) is 22.7 Å². The van der Waals surface area contributed by atoms with Crippen molar-refractivity contribution in [3.8, 4) is 0 Å². The van der Waals surface area contributed by atoms with Gasteiger partial charge in [0.15, 0.2) is 0 Å². The lowest BCUT2D eigenvalue weighted by atomic mass is 9.95. The maximum atomic E-state index is 13.6. The molecule has 150 valence electrons. The number of hydrogen-bond donors (Lipinski definition) is 1. The van der Waals surface area contributed by atoms with Crippen molar-refractivity contribution in [3.63, 3.8) is 0 Å². The number of nitrogens with one attached hydrogen (secondary N) is 1. The van der Waals surface area contributed by atoms with Gasteiger partial charge in [-0.1, -0.05) is 58.4 Å². The van der Waals surface area contributed by atoms with Crippen molar-refractivity contribution >= 4 is 39.5 Å². The molecule has 0 saturated carbocycles. The molecule has 0 fully saturated rings. The molecule has 0 aromatic heterocycles. The van der Waals surface area contributed by atoms with E-state index in [1.165, 1.54) is 23.1 Å². The highest BCUT2D eigenvalue weighted by molar-refractivity contribution is 9.10. The Kier molecular flexibility index (Phi) is 5.77. The molecule has 1 aliphatic rings. The summed E-state index contributed by atoms with van der Waals surface area (Å²) in [6.07, 6.45) is 3.18. The summed E-state index contributed by atoms with van der Waals surface area (Å²) in [4.78, 5) is 27.2. The number of carbonyl (C=O) groups is 2. The van der Waals surface area contributed by atoms with Gasteiger partial charge >= 0.3 is 0 Å². The van der Waals surface area contributed by atoms with E-state index in [0.29, 0.717) is 11.3 Å². The number of carbonyl (C=O) groups excluding carboxylic acids is 2. The summed E-state index contributed by atoms with van der Waals surface area (Å²) >= 11 is 3.47. The Morgan fingerprint density at radius 1 is 1.07 bits per heavy atom. The van der Waals surface area contributed by atoms with Crippen LogP contribution in [0.2, 0.25) is 0 Å². The number of nitrogens with zero attached hydrogens (tertiary/aromatic N) is 1. The largest absolute Gasteiger partial charge is 0.324 e. The number of hydrogen-bond acceptors (Lipinski definition) is 2. The monoisotopic (exact) mass is 464 g/mol.